The Balaban J connectivity index is 2.24. The maximum absolute atomic E-state index is 12.6. The zero-order chi connectivity index (χ0) is 21.9. The summed E-state index contributed by atoms with van der Waals surface area (Å²) in [5.74, 6) is -0.507. The Kier molecular flexibility index (Phi) is 6.63. The second-order valence-corrected chi connectivity index (χ2v) is 9.04. The molecule has 156 valence electrons. The number of benzene rings is 2. The molecular formula is C20H25N3O5S. The van der Waals surface area contributed by atoms with Crippen LogP contribution in [-0.2, 0) is 14.8 Å². The summed E-state index contributed by atoms with van der Waals surface area (Å²) in [5, 5.41) is 13.8. The van der Waals surface area contributed by atoms with E-state index in [-0.39, 0.29) is 17.4 Å². The van der Waals surface area contributed by atoms with Gasteiger partial charge in [0.05, 0.1) is 22.9 Å². The number of hydrogen-bond donors (Lipinski definition) is 1. The van der Waals surface area contributed by atoms with Gasteiger partial charge in [0, 0.05) is 12.1 Å². The van der Waals surface area contributed by atoms with E-state index < -0.39 is 27.4 Å². The van der Waals surface area contributed by atoms with Gasteiger partial charge in [0.2, 0.25) is 15.9 Å². The topological polar surface area (TPSA) is 110 Å². The number of non-ortho nitro benzene ring substituents is 1. The van der Waals surface area contributed by atoms with Crippen LogP contribution in [0.4, 0.5) is 11.4 Å². The smallest absolute Gasteiger partial charge is 0.271 e. The number of amides is 1. The van der Waals surface area contributed by atoms with Gasteiger partial charge in [-0.15, -0.1) is 0 Å². The van der Waals surface area contributed by atoms with Crippen LogP contribution in [0.5, 0.6) is 0 Å². The van der Waals surface area contributed by atoms with E-state index in [1.54, 1.807) is 0 Å². The van der Waals surface area contributed by atoms with Gasteiger partial charge >= 0.3 is 0 Å². The molecule has 0 heterocycles. The number of carbonyl (C=O) groups is 1. The first-order chi connectivity index (χ1) is 13.4. The minimum Gasteiger partial charge on any atom is -0.348 e. The van der Waals surface area contributed by atoms with Crippen LogP contribution >= 0.6 is 0 Å². The number of aryl methyl sites for hydroxylation is 3. The summed E-state index contributed by atoms with van der Waals surface area (Å²) in [4.78, 5) is 23.0. The van der Waals surface area contributed by atoms with Gasteiger partial charge in [-0.1, -0.05) is 18.2 Å². The lowest BCUT2D eigenvalue weighted by Gasteiger charge is -2.24. The third-order valence-electron chi connectivity index (χ3n) is 4.74. The summed E-state index contributed by atoms with van der Waals surface area (Å²) in [6.07, 6.45) is 0.954. The van der Waals surface area contributed by atoms with Crippen LogP contribution < -0.4 is 9.62 Å². The number of anilines is 1. The zero-order valence-corrected chi connectivity index (χ0v) is 17.9. The van der Waals surface area contributed by atoms with E-state index in [1.165, 1.54) is 18.2 Å². The minimum absolute atomic E-state index is 0.0619. The van der Waals surface area contributed by atoms with Gasteiger partial charge in [-0.2, -0.15) is 0 Å². The molecule has 1 amide bonds. The largest absolute Gasteiger partial charge is 0.348 e. The molecule has 0 saturated carbocycles. The van der Waals surface area contributed by atoms with Crippen molar-refractivity contribution in [3.8, 4) is 0 Å². The van der Waals surface area contributed by atoms with Gasteiger partial charge in [0.25, 0.3) is 5.69 Å². The van der Waals surface area contributed by atoms with E-state index in [4.69, 9.17) is 0 Å². The highest BCUT2D eigenvalue weighted by molar-refractivity contribution is 7.92. The monoisotopic (exact) mass is 419 g/mol. The van der Waals surface area contributed by atoms with Gasteiger partial charge in [-0.25, -0.2) is 8.42 Å². The number of sulfonamides is 1. The Bertz CT molecular complexity index is 1050. The lowest BCUT2D eigenvalue weighted by atomic mass is 9.96. The van der Waals surface area contributed by atoms with Gasteiger partial charge in [-0.05, 0) is 56.0 Å². The summed E-state index contributed by atoms with van der Waals surface area (Å²) in [6.45, 7) is 7.30. The number of rotatable bonds is 7. The van der Waals surface area contributed by atoms with Gasteiger partial charge in [-0.3, -0.25) is 19.2 Å². The van der Waals surface area contributed by atoms with Crippen LogP contribution in [0.3, 0.4) is 0 Å². The Morgan fingerprint density at radius 3 is 2.34 bits per heavy atom. The van der Waals surface area contributed by atoms with Crippen molar-refractivity contribution in [2.45, 2.75) is 33.7 Å². The first-order valence-electron chi connectivity index (χ1n) is 8.99. The molecule has 0 aliphatic heterocycles. The van der Waals surface area contributed by atoms with Gasteiger partial charge in [0.15, 0.2) is 0 Å². The lowest BCUT2D eigenvalue weighted by Crippen LogP contribution is -2.41. The predicted molar refractivity (Wildman–Crippen MR) is 112 cm³/mol. The standard InChI is InChI=1S/C20H25N3O5S/c1-13-9-15(3)19(10-14(13)2)16(4)21-20(24)12-22(29(5,27)28)17-7-6-8-18(11-17)23(25)26/h6-11,16H,12H2,1-5H3,(H,21,24). The minimum atomic E-state index is -3.83. The molecule has 0 aliphatic carbocycles. The fourth-order valence-corrected chi connectivity index (χ4v) is 3.95. The van der Waals surface area contributed by atoms with Crippen molar-refractivity contribution in [1.29, 1.82) is 0 Å². The average Bonchev–Trinajstić information content (AvgIpc) is 2.61. The maximum atomic E-state index is 12.6. The summed E-state index contributed by atoms with van der Waals surface area (Å²) < 4.78 is 25.3. The quantitative estimate of drug-likeness (QED) is 0.548. The molecular weight excluding hydrogens is 394 g/mol. The molecule has 0 spiro atoms. The molecule has 1 N–H and O–H groups in total. The van der Waals surface area contributed by atoms with Crippen molar-refractivity contribution in [3.63, 3.8) is 0 Å². The molecule has 8 nitrogen and oxygen atoms in total. The normalized spacial score (nSPS) is 12.3. The van der Waals surface area contributed by atoms with E-state index in [0.717, 1.165) is 38.9 Å². The highest BCUT2D eigenvalue weighted by Crippen LogP contribution is 2.24. The first-order valence-corrected chi connectivity index (χ1v) is 10.8. The number of nitro benzene ring substituents is 1. The number of carbonyl (C=O) groups excluding carboxylic acids is 1. The molecule has 1 unspecified atom stereocenters. The molecule has 29 heavy (non-hydrogen) atoms. The average molecular weight is 420 g/mol. The number of nitro groups is 1. The van der Waals surface area contributed by atoms with Gasteiger partial charge < -0.3 is 5.32 Å². The Morgan fingerprint density at radius 2 is 1.76 bits per heavy atom. The molecule has 2 rings (SSSR count). The molecule has 0 radical (unpaired) electrons. The summed E-state index contributed by atoms with van der Waals surface area (Å²) in [7, 11) is -3.83. The number of nitrogens with one attached hydrogen (secondary N) is 1. The second-order valence-electron chi connectivity index (χ2n) is 7.13. The van der Waals surface area contributed by atoms with Crippen LogP contribution in [0.25, 0.3) is 0 Å². The molecule has 1 atom stereocenters. The molecule has 2 aromatic rings. The first kappa shape index (κ1) is 22.4. The predicted octanol–water partition coefficient (Wildman–Crippen LogP) is 3.16. The van der Waals surface area contributed by atoms with Crippen LogP contribution in [-0.4, -0.2) is 32.0 Å². The number of hydrogen-bond acceptors (Lipinski definition) is 5. The summed E-state index contributed by atoms with van der Waals surface area (Å²) in [5.41, 5.74) is 4.03. The van der Waals surface area contributed by atoms with E-state index in [1.807, 2.05) is 39.8 Å². The van der Waals surface area contributed by atoms with E-state index >= 15 is 0 Å². The van der Waals surface area contributed by atoms with Crippen molar-refractivity contribution in [2.24, 2.45) is 0 Å². The summed E-state index contributed by atoms with van der Waals surface area (Å²) in [6, 6.07) is 8.90. The van der Waals surface area contributed by atoms with Crippen molar-refractivity contribution in [3.05, 3.63) is 68.8 Å². The lowest BCUT2D eigenvalue weighted by molar-refractivity contribution is -0.384. The number of nitrogens with zero attached hydrogens (tertiary/aromatic N) is 2. The molecule has 0 aromatic heterocycles. The van der Waals surface area contributed by atoms with Crippen LogP contribution in [0.15, 0.2) is 36.4 Å². The Hall–Kier alpha value is -2.94. The highest BCUT2D eigenvalue weighted by Gasteiger charge is 2.23. The fraction of sp³-hybridized carbons (Fsp3) is 0.350. The van der Waals surface area contributed by atoms with E-state index in [9.17, 15) is 23.3 Å². The van der Waals surface area contributed by atoms with Crippen molar-refractivity contribution < 1.29 is 18.1 Å². The van der Waals surface area contributed by atoms with E-state index in [2.05, 4.69) is 5.32 Å². The van der Waals surface area contributed by atoms with Crippen molar-refractivity contribution in [1.82, 2.24) is 5.32 Å². The SMILES string of the molecule is Cc1cc(C)c(C(C)NC(=O)CN(c2cccc([N+](=O)[O-])c2)S(C)(=O)=O)cc1C. The Morgan fingerprint density at radius 1 is 1.14 bits per heavy atom. The zero-order valence-electron chi connectivity index (χ0n) is 17.1. The third-order valence-corrected chi connectivity index (χ3v) is 5.88. The molecule has 0 saturated heterocycles. The van der Waals surface area contributed by atoms with Crippen molar-refractivity contribution in [2.75, 3.05) is 17.1 Å². The maximum Gasteiger partial charge on any atom is 0.271 e. The van der Waals surface area contributed by atoms with E-state index in [0.29, 0.717) is 0 Å². The molecule has 0 fully saturated rings. The van der Waals surface area contributed by atoms with Crippen LogP contribution in [0, 0.1) is 30.9 Å². The molecule has 2 aromatic carbocycles. The van der Waals surface area contributed by atoms with Crippen LogP contribution in [0.1, 0.15) is 35.2 Å². The van der Waals surface area contributed by atoms with Gasteiger partial charge in [0.1, 0.15) is 6.54 Å². The van der Waals surface area contributed by atoms with Crippen LogP contribution in [0.2, 0.25) is 0 Å². The molecule has 0 aliphatic rings. The third kappa shape index (κ3) is 5.54. The Labute approximate surface area is 170 Å². The molecule has 9 heteroatoms. The summed E-state index contributed by atoms with van der Waals surface area (Å²) >= 11 is 0. The second kappa shape index (κ2) is 8.60. The van der Waals surface area contributed by atoms with Crippen molar-refractivity contribution >= 4 is 27.3 Å². The highest BCUT2D eigenvalue weighted by atomic mass is 32.2. The molecule has 0 bridgehead atoms. The fourth-order valence-electron chi connectivity index (χ4n) is 3.11.